The molecule has 2 aromatic carbocycles. The molecule has 1 atom stereocenters. The van der Waals surface area contributed by atoms with Gasteiger partial charge in [0.25, 0.3) is 5.91 Å². The highest BCUT2D eigenvalue weighted by Gasteiger charge is 2.32. The molecule has 0 unspecified atom stereocenters. The van der Waals surface area contributed by atoms with Crippen molar-refractivity contribution in [2.24, 2.45) is 11.7 Å². The lowest BCUT2D eigenvalue weighted by Gasteiger charge is -2.34. The number of rotatable bonds is 8. The zero-order valence-electron chi connectivity index (χ0n) is 22.0. The van der Waals surface area contributed by atoms with Gasteiger partial charge in [0.05, 0.1) is 12.2 Å². The normalized spacial score (nSPS) is 19.4. The van der Waals surface area contributed by atoms with Crippen molar-refractivity contribution in [2.45, 2.75) is 57.7 Å². The maximum Gasteiger partial charge on any atom is 0.257 e. The van der Waals surface area contributed by atoms with E-state index in [0.717, 1.165) is 38.8 Å². The van der Waals surface area contributed by atoms with Crippen LogP contribution < -0.4 is 10.5 Å². The lowest BCUT2D eigenvalue weighted by molar-refractivity contribution is -0.123. The molecule has 2 aromatic rings. The number of carbonyl (C=O) groups is 2. The number of carbonyl (C=O) groups excluding carboxylic acids is 2. The highest BCUT2D eigenvalue weighted by Crippen LogP contribution is 2.29. The molecule has 206 valence electrons. The van der Waals surface area contributed by atoms with Crippen LogP contribution in [0.2, 0.25) is 0 Å². The lowest BCUT2D eigenvalue weighted by atomic mass is 9.96. The molecule has 2 aliphatic rings. The molecule has 2 aliphatic heterocycles. The van der Waals surface area contributed by atoms with E-state index in [4.69, 9.17) is 10.5 Å². The number of alkyl halides is 1. The summed E-state index contributed by atoms with van der Waals surface area (Å²) in [5.74, 6) is -2.09. The standard InChI is InChI=1S/C29H36F3N3O3/c1-29(2,32)18-34-13-10-19(11-14-34)17-38-26-9-7-21(16-24(26)31)20-6-8-22(23(30)15-20)28(37)35-12-4-3-5-25(35)27(33)36/h6-9,15-16,19,25H,3-5,10-14,17-18H2,1-2H3,(H2,33,36)/t25-/m1/s1. The van der Waals surface area contributed by atoms with Crippen molar-refractivity contribution in [3.8, 4) is 16.9 Å². The van der Waals surface area contributed by atoms with Crippen molar-refractivity contribution in [1.82, 2.24) is 9.80 Å². The number of halogens is 3. The van der Waals surface area contributed by atoms with E-state index in [0.29, 0.717) is 37.2 Å². The highest BCUT2D eigenvalue weighted by atomic mass is 19.1. The summed E-state index contributed by atoms with van der Waals surface area (Å²) in [6.45, 7) is 5.84. The molecule has 0 aromatic heterocycles. The van der Waals surface area contributed by atoms with Gasteiger partial charge in [-0.25, -0.2) is 13.2 Å². The van der Waals surface area contributed by atoms with E-state index in [1.807, 2.05) is 0 Å². The Morgan fingerprint density at radius 3 is 2.24 bits per heavy atom. The summed E-state index contributed by atoms with van der Waals surface area (Å²) >= 11 is 0. The third kappa shape index (κ3) is 6.87. The van der Waals surface area contributed by atoms with E-state index in [9.17, 15) is 22.8 Å². The van der Waals surface area contributed by atoms with Crippen LogP contribution in [0.1, 0.15) is 56.3 Å². The van der Waals surface area contributed by atoms with E-state index in [2.05, 4.69) is 4.90 Å². The van der Waals surface area contributed by atoms with Gasteiger partial charge in [-0.15, -0.1) is 0 Å². The van der Waals surface area contributed by atoms with Crippen LogP contribution in [0.5, 0.6) is 5.75 Å². The Hall–Kier alpha value is -3.07. The van der Waals surface area contributed by atoms with Crippen molar-refractivity contribution >= 4 is 11.8 Å². The highest BCUT2D eigenvalue weighted by molar-refractivity contribution is 5.98. The molecule has 38 heavy (non-hydrogen) atoms. The number of piperidine rings is 2. The van der Waals surface area contributed by atoms with Gasteiger partial charge in [0, 0.05) is 13.1 Å². The second kappa shape index (κ2) is 11.8. The zero-order chi connectivity index (χ0) is 27.4. The van der Waals surface area contributed by atoms with Crippen LogP contribution >= 0.6 is 0 Å². The molecule has 0 spiro atoms. The first-order valence-corrected chi connectivity index (χ1v) is 13.3. The third-order valence-corrected chi connectivity index (χ3v) is 7.34. The van der Waals surface area contributed by atoms with Crippen LogP contribution in [0.25, 0.3) is 11.1 Å². The molecule has 0 aliphatic carbocycles. The maximum absolute atomic E-state index is 15.0. The minimum atomic E-state index is -1.23. The zero-order valence-corrected chi connectivity index (χ0v) is 22.0. The van der Waals surface area contributed by atoms with Gasteiger partial charge in [0.1, 0.15) is 17.5 Å². The van der Waals surface area contributed by atoms with Crippen LogP contribution in [0.15, 0.2) is 36.4 Å². The molecule has 2 heterocycles. The van der Waals surface area contributed by atoms with Crippen molar-refractivity contribution in [1.29, 1.82) is 0 Å². The fourth-order valence-electron chi connectivity index (χ4n) is 5.34. The number of primary amides is 1. The van der Waals surface area contributed by atoms with Gasteiger partial charge in [0.15, 0.2) is 11.6 Å². The fourth-order valence-corrected chi connectivity index (χ4v) is 5.34. The van der Waals surface area contributed by atoms with Crippen molar-refractivity contribution < 1.29 is 27.5 Å². The number of nitrogens with zero attached hydrogens (tertiary/aromatic N) is 2. The monoisotopic (exact) mass is 531 g/mol. The lowest BCUT2D eigenvalue weighted by Crippen LogP contribution is -2.50. The number of benzene rings is 2. The Morgan fingerprint density at radius 1 is 0.974 bits per heavy atom. The Balaban J connectivity index is 1.37. The molecule has 0 radical (unpaired) electrons. The van der Waals surface area contributed by atoms with Gasteiger partial charge in [-0.05, 0) is 100 Å². The molecule has 2 amide bonds. The number of likely N-dealkylation sites (tertiary alicyclic amines) is 2. The largest absolute Gasteiger partial charge is 0.490 e. The van der Waals surface area contributed by atoms with E-state index < -0.39 is 35.2 Å². The van der Waals surface area contributed by atoms with E-state index in [1.165, 1.54) is 29.2 Å². The van der Waals surface area contributed by atoms with Crippen molar-refractivity contribution in [3.05, 3.63) is 53.6 Å². The Bertz CT molecular complexity index is 1160. The second-order valence-electron chi connectivity index (χ2n) is 11.0. The molecular formula is C29H36F3N3O3. The Kier molecular flexibility index (Phi) is 8.65. The van der Waals surface area contributed by atoms with Gasteiger partial charge in [-0.1, -0.05) is 12.1 Å². The van der Waals surface area contributed by atoms with Crippen LogP contribution in [-0.2, 0) is 4.79 Å². The molecule has 9 heteroatoms. The Morgan fingerprint density at radius 2 is 1.63 bits per heavy atom. The van der Waals surface area contributed by atoms with Crippen LogP contribution in [0.3, 0.4) is 0 Å². The summed E-state index contributed by atoms with van der Waals surface area (Å²) < 4.78 is 49.4. The number of nitrogens with two attached hydrogens (primary N) is 1. The van der Waals surface area contributed by atoms with Gasteiger partial charge >= 0.3 is 0 Å². The van der Waals surface area contributed by atoms with Crippen LogP contribution in [0, 0.1) is 17.6 Å². The van der Waals surface area contributed by atoms with E-state index in [1.54, 1.807) is 26.0 Å². The quantitative estimate of drug-likeness (QED) is 0.523. The first-order chi connectivity index (χ1) is 18.0. The summed E-state index contributed by atoms with van der Waals surface area (Å²) in [7, 11) is 0. The molecule has 6 nitrogen and oxygen atoms in total. The van der Waals surface area contributed by atoms with E-state index in [-0.39, 0.29) is 17.2 Å². The summed E-state index contributed by atoms with van der Waals surface area (Å²) in [6, 6.07) is 7.82. The predicted octanol–water partition coefficient (Wildman–Crippen LogP) is 4.95. The number of amides is 2. The fraction of sp³-hybridized carbons (Fsp3) is 0.517. The predicted molar refractivity (Wildman–Crippen MR) is 140 cm³/mol. The van der Waals surface area contributed by atoms with Crippen molar-refractivity contribution in [3.63, 3.8) is 0 Å². The van der Waals surface area contributed by atoms with Crippen LogP contribution in [0.4, 0.5) is 13.2 Å². The average Bonchev–Trinajstić information content (AvgIpc) is 2.87. The first kappa shape index (κ1) is 28.0. The van der Waals surface area contributed by atoms with Gasteiger partial charge in [-0.2, -0.15) is 0 Å². The molecule has 2 fully saturated rings. The number of hydrogen-bond acceptors (Lipinski definition) is 4. The average molecular weight is 532 g/mol. The van der Waals surface area contributed by atoms with Crippen LogP contribution in [-0.4, -0.2) is 66.1 Å². The third-order valence-electron chi connectivity index (χ3n) is 7.34. The SMILES string of the molecule is CC(C)(F)CN1CCC(COc2ccc(-c3ccc(C(=O)N4CCCC[C@@H]4C(N)=O)c(F)c3)cc2F)CC1. The van der Waals surface area contributed by atoms with E-state index >= 15 is 0 Å². The molecule has 2 N–H and O–H groups in total. The topological polar surface area (TPSA) is 75.9 Å². The first-order valence-electron chi connectivity index (χ1n) is 13.3. The summed E-state index contributed by atoms with van der Waals surface area (Å²) in [5.41, 5.74) is 4.92. The molecule has 4 rings (SSSR count). The minimum absolute atomic E-state index is 0.121. The molecule has 0 saturated carbocycles. The van der Waals surface area contributed by atoms with Gasteiger partial charge < -0.3 is 20.3 Å². The van der Waals surface area contributed by atoms with Gasteiger partial charge in [-0.3, -0.25) is 9.59 Å². The number of ether oxygens (including phenoxy) is 1. The second-order valence-corrected chi connectivity index (χ2v) is 11.0. The summed E-state index contributed by atoms with van der Waals surface area (Å²) in [6.07, 6.45) is 3.68. The van der Waals surface area contributed by atoms with Crippen molar-refractivity contribution in [2.75, 3.05) is 32.8 Å². The minimum Gasteiger partial charge on any atom is -0.490 e. The van der Waals surface area contributed by atoms with Gasteiger partial charge in [0.2, 0.25) is 5.91 Å². The molecule has 2 saturated heterocycles. The number of hydrogen-bond donors (Lipinski definition) is 1. The smallest absolute Gasteiger partial charge is 0.257 e. The Labute approximate surface area is 221 Å². The molecular weight excluding hydrogens is 495 g/mol. The maximum atomic E-state index is 15.0. The molecule has 0 bridgehead atoms. The summed E-state index contributed by atoms with van der Waals surface area (Å²) in [4.78, 5) is 28.1. The summed E-state index contributed by atoms with van der Waals surface area (Å²) in [5, 5.41) is 0.